The number of rotatable bonds is 3. The Morgan fingerprint density at radius 3 is 2.65 bits per heavy atom. The van der Waals surface area contributed by atoms with E-state index in [0.717, 1.165) is 36.2 Å². The monoisotopic (exact) mass is 307 g/mol. The first kappa shape index (κ1) is 14.3. The molecule has 0 saturated carbocycles. The van der Waals surface area contributed by atoms with Crippen molar-refractivity contribution in [2.75, 3.05) is 20.1 Å². The molecule has 1 atom stereocenters. The second-order valence-corrected chi connectivity index (χ2v) is 6.20. The molecule has 0 aliphatic carbocycles. The van der Waals surface area contributed by atoms with Gasteiger partial charge in [-0.05, 0) is 50.7 Å². The zero-order chi connectivity index (χ0) is 15.6. The molecule has 2 aromatic carbocycles. The molecule has 1 fully saturated rings. The van der Waals surface area contributed by atoms with Gasteiger partial charge in [0.15, 0.2) is 0 Å². The van der Waals surface area contributed by atoms with Crippen LogP contribution in [0.25, 0.3) is 16.7 Å². The van der Waals surface area contributed by atoms with Crippen molar-refractivity contribution in [3.8, 4) is 11.7 Å². The second-order valence-electron chi connectivity index (χ2n) is 6.20. The number of hydrogen-bond donors (Lipinski definition) is 0. The van der Waals surface area contributed by atoms with Gasteiger partial charge in [-0.15, -0.1) is 0 Å². The van der Waals surface area contributed by atoms with Crippen molar-refractivity contribution in [1.82, 2.24) is 14.5 Å². The molecule has 118 valence electrons. The first-order valence-corrected chi connectivity index (χ1v) is 8.19. The van der Waals surface area contributed by atoms with Crippen molar-refractivity contribution < 1.29 is 4.74 Å². The van der Waals surface area contributed by atoms with Crippen molar-refractivity contribution in [3.05, 3.63) is 54.6 Å². The van der Waals surface area contributed by atoms with E-state index in [-0.39, 0.29) is 6.10 Å². The maximum absolute atomic E-state index is 6.31. The molecule has 0 spiro atoms. The molecule has 4 nitrogen and oxygen atoms in total. The molecule has 1 unspecified atom stereocenters. The lowest BCUT2D eigenvalue weighted by Gasteiger charge is -2.29. The van der Waals surface area contributed by atoms with Crippen LogP contribution in [0.5, 0.6) is 6.01 Å². The Balaban J connectivity index is 1.76. The Morgan fingerprint density at radius 1 is 1.04 bits per heavy atom. The number of para-hydroxylation sites is 3. The normalized spacial score (nSPS) is 19.1. The van der Waals surface area contributed by atoms with Crippen LogP contribution in [0.1, 0.15) is 12.8 Å². The zero-order valence-electron chi connectivity index (χ0n) is 13.4. The van der Waals surface area contributed by atoms with Crippen LogP contribution in [0.4, 0.5) is 0 Å². The molecular formula is C19H21N3O. The first-order valence-electron chi connectivity index (χ1n) is 8.19. The minimum absolute atomic E-state index is 0.202. The highest BCUT2D eigenvalue weighted by molar-refractivity contribution is 5.79. The lowest BCUT2D eigenvalue weighted by molar-refractivity contribution is 0.0946. The highest BCUT2D eigenvalue weighted by Crippen LogP contribution is 2.27. The van der Waals surface area contributed by atoms with Gasteiger partial charge in [0.05, 0.1) is 16.7 Å². The van der Waals surface area contributed by atoms with Crippen LogP contribution in [0.2, 0.25) is 0 Å². The molecule has 2 heterocycles. The third-order valence-electron chi connectivity index (χ3n) is 4.40. The average Bonchev–Trinajstić information content (AvgIpc) is 2.93. The maximum atomic E-state index is 6.31. The number of imidazole rings is 1. The molecule has 1 saturated heterocycles. The quantitative estimate of drug-likeness (QED) is 0.742. The van der Waals surface area contributed by atoms with E-state index in [2.05, 4.69) is 34.7 Å². The summed E-state index contributed by atoms with van der Waals surface area (Å²) in [5.41, 5.74) is 3.13. The zero-order valence-corrected chi connectivity index (χ0v) is 13.4. The van der Waals surface area contributed by atoms with Gasteiger partial charge in [0.25, 0.3) is 0 Å². The maximum Gasteiger partial charge on any atom is 0.302 e. The Labute approximate surface area is 136 Å². The number of ether oxygens (including phenoxy) is 1. The molecule has 23 heavy (non-hydrogen) atoms. The van der Waals surface area contributed by atoms with Crippen molar-refractivity contribution in [1.29, 1.82) is 0 Å². The molecule has 0 bridgehead atoms. The van der Waals surface area contributed by atoms with Gasteiger partial charge in [0.1, 0.15) is 6.10 Å². The standard InChI is InChI=1S/C19H21N3O/c1-21-13-7-10-16(14-21)23-19-20-17-11-5-6-12-18(17)22(19)15-8-3-2-4-9-15/h2-6,8-9,11-12,16H,7,10,13-14H2,1H3. The largest absolute Gasteiger partial charge is 0.460 e. The summed E-state index contributed by atoms with van der Waals surface area (Å²) in [6, 6.07) is 19.2. The van der Waals surface area contributed by atoms with E-state index in [1.54, 1.807) is 0 Å². The molecule has 1 aliphatic rings. The molecule has 0 radical (unpaired) electrons. The fourth-order valence-electron chi connectivity index (χ4n) is 3.27. The average molecular weight is 307 g/mol. The molecule has 3 aromatic rings. The minimum Gasteiger partial charge on any atom is -0.460 e. The van der Waals surface area contributed by atoms with Crippen LogP contribution in [0.15, 0.2) is 54.6 Å². The molecular weight excluding hydrogens is 286 g/mol. The van der Waals surface area contributed by atoms with E-state index in [0.29, 0.717) is 6.01 Å². The Bertz CT molecular complexity index is 797. The van der Waals surface area contributed by atoms with Crippen molar-refractivity contribution in [2.45, 2.75) is 18.9 Å². The summed E-state index contributed by atoms with van der Waals surface area (Å²) in [5.74, 6) is 0. The SMILES string of the molecule is CN1CCCC(Oc2nc3ccccc3n2-c2ccccc2)C1. The summed E-state index contributed by atoms with van der Waals surface area (Å²) >= 11 is 0. The van der Waals surface area contributed by atoms with E-state index in [1.807, 2.05) is 36.4 Å². The highest BCUT2D eigenvalue weighted by atomic mass is 16.5. The van der Waals surface area contributed by atoms with Gasteiger partial charge < -0.3 is 9.64 Å². The number of aromatic nitrogens is 2. The van der Waals surface area contributed by atoms with Crippen LogP contribution >= 0.6 is 0 Å². The van der Waals surface area contributed by atoms with E-state index >= 15 is 0 Å². The summed E-state index contributed by atoms with van der Waals surface area (Å²) in [7, 11) is 2.15. The lowest BCUT2D eigenvalue weighted by atomic mass is 10.1. The summed E-state index contributed by atoms with van der Waals surface area (Å²) in [5, 5.41) is 0. The number of nitrogens with zero attached hydrogens (tertiary/aromatic N) is 3. The van der Waals surface area contributed by atoms with E-state index < -0.39 is 0 Å². The predicted octanol–water partition coefficient (Wildman–Crippen LogP) is 3.50. The van der Waals surface area contributed by atoms with Gasteiger partial charge in [-0.2, -0.15) is 4.98 Å². The molecule has 1 aliphatic heterocycles. The third-order valence-corrected chi connectivity index (χ3v) is 4.40. The number of likely N-dealkylation sites (N-methyl/N-ethyl adjacent to an activating group) is 1. The van der Waals surface area contributed by atoms with Crippen LogP contribution in [-0.4, -0.2) is 40.7 Å². The first-order chi connectivity index (χ1) is 11.3. The van der Waals surface area contributed by atoms with Crippen molar-refractivity contribution in [3.63, 3.8) is 0 Å². The fraction of sp³-hybridized carbons (Fsp3) is 0.316. The summed E-state index contributed by atoms with van der Waals surface area (Å²) in [6.45, 7) is 2.10. The van der Waals surface area contributed by atoms with Gasteiger partial charge in [-0.25, -0.2) is 0 Å². The minimum atomic E-state index is 0.202. The number of fused-ring (bicyclic) bond motifs is 1. The fourth-order valence-corrected chi connectivity index (χ4v) is 3.27. The van der Waals surface area contributed by atoms with Gasteiger partial charge in [-0.1, -0.05) is 30.3 Å². The Morgan fingerprint density at radius 2 is 1.83 bits per heavy atom. The van der Waals surface area contributed by atoms with Gasteiger partial charge in [0.2, 0.25) is 0 Å². The molecule has 0 amide bonds. The predicted molar refractivity (Wildman–Crippen MR) is 92.2 cm³/mol. The van der Waals surface area contributed by atoms with Crippen LogP contribution in [-0.2, 0) is 0 Å². The van der Waals surface area contributed by atoms with E-state index in [1.165, 1.54) is 6.42 Å². The highest BCUT2D eigenvalue weighted by Gasteiger charge is 2.22. The van der Waals surface area contributed by atoms with Gasteiger partial charge >= 0.3 is 6.01 Å². The smallest absolute Gasteiger partial charge is 0.302 e. The summed E-state index contributed by atoms with van der Waals surface area (Å²) < 4.78 is 8.42. The number of piperidine rings is 1. The molecule has 1 aromatic heterocycles. The number of benzene rings is 2. The number of hydrogen-bond acceptors (Lipinski definition) is 3. The van der Waals surface area contributed by atoms with Crippen molar-refractivity contribution >= 4 is 11.0 Å². The van der Waals surface area contributed by atoms with Crippen LogP contribution < -0.4 is 4.74 Å². The lowest BCUT2D eigenvalue weighted by Crippen LogP contribution is -2.39. The van der Waals surface area contributed by atoms with Gasteiger partial charge in [-0.3, -0.25) is 4.57 Å². The molecule has 0 N–H and O–H groups in total. The van der Waals surface area contributed by atoms with E-state index in [4.69, 9.17) is 9.72 Å². The van der Waals surface area contributed by atoms with E-state index in [9.17, 15) is 0 Å². The molecule has 4 heteroatoms. The van der Waals surface area contributed by atoms with Crippen LogP contribution in [0.3, 0.4) is 0 Å². The topological polar surface area (TPSA) is 30.3 Å². The van der Waals surface area contributed by atoms with Gasteiger partial charge in [0, 0.05) is 6.54 Å². The Hall–Kier alpha value is -2.33. The Kier molecular flexibility index (Phi) is 3.75. The summed E-state index contributed by atoms with van der Waals surface area (Å²) in [6.07, 6.45) is 2.46. The summed E-state index contributed by atoms with van der Waals surface area (Å²) in [4.78, 5) is 7.05. The second kappa shape index (κ2) is 6.05. The molecule has 4 rings (SSSR count). The van der Waals surface area contributed by atoms with Crippen molar-refractivity contribution in [2.24, 2.45) is 0 Å². The third kappa shape index (κ3) is 2.82. The van der Waals surface area contributed by atoms with Crippen LogP contribution in [0, 0.1) is 0 Å². The number of likely N-dealkylation sites (tertiary alicyclic amines) is 1.